The van der Waals surface area contributed by atoms with Crippen LogP contribution in [0.15, 0.2) is 0 Å². The summed E-state index contributed by atoms with van der Waals surface area (Å²) in [4.78, 5) is 12.5. The lowest BCUT2D eigenvalue weighted by molar-refractivity contribution is -0.130. The van der Waals surface area contributed by atoms with Gasteiger partial charge in [-0.1, -0.05) is 6.92 Å². The number of rotatable bonds is 4. The monoisotopic (exact) mass is 264 g/mol. The maximum Gasteiger partial charge on any atom is 0.239 e. The van der Waals surface area contributed by atoms with Crippen LogP contribution in [0.25, 0.3) is 0 Å². The van der Waals surface area contributed by atoms with Crippen molar-refractivity contribution in [3.05, 3.63) is 0 Å². The molecule has 0 unspecified atom stereocenters. The number of nitrogens with one attached hydrogen (secondary N) is 2. The van der Waals surface area contributed by atoms with E-state index in [2.05, 4.69) is 17.6 Å². The van der Waals surface area contributed by atoms with Crippen molar-refractivity contribution in [3.63, 3.8) is 0 Å². The van der Waals surface area contributed by atoms with E-state index in [1.54, 1.807) is 0 Å². The molecular formula is C16H28N2O. The second-order valence-electron chi connectivity index (χ2n) is 7.59. The number of amides is 1. The van der Waals surface area contributed by atoms with Gasteiger partial charge in [0.05, 0.1) is 5.54 Å². The summed E-state index contributed by atoms with van der Waals surface area (Å²) in [6.07, 6.45) is 6.91. The van der Waals surface area contributed by atoms with Gasteiger partial charge in [0, 0.05) is 6.04 Å². The predicted octanol–water partition coefficient (Wildman–Crippen LogP) is 2.32. The first-order chi connectivity index (χ1) is 8.99. The summed E-state index contributed by atoms with van der Waals surface area (Å²) in [6.45, 7) is 6.86. The molecule has 4 aliphatic carbocycles. The van der Waals surface area contributed by atoms with E-state index in [0.29, 0.717) is 6.04 Å². The Labute approximate surface area is 116 Å². The van der Waals surface area contributed by atoms with Gasteiger partial charge in [-0.05, 0) is 76.2 Å². The van der Waals surface area contributed by atoms with Gasteiger partial charge in [0.2, 0.25) is 5.91 Å². The summed E-state index contributed by atoms with van der Waals surface area (Å²) < 4.78 is 0. The molecule has 4 saturated carbocycles. The number of hydrogen-bond donors (Lipinski definition) is 2. The van der Waals surface area contributed by atoms with E-state index >= 15 is 0 Å². The van der Waals surface area contributed by atoms with E-state index in [1.807, 2.05) is 13.8 Å². The van der Waals surface area contributed by atoms with Gasteiger partial charge in [0.15, 0.2) is 0 Å². The second-order valence-corrected chi connectivity index (χ2v) is 7.59. The molecule has 0 aromatic carbocycles. The predicted molar refractivity (Wildman–Crippen MR) is 76.7 cm³/mol. The van der Waals surface area contributed by atoms with Gasteiger partial charge in [0.1, 0.15) is 0 Å². The Kier molecular flexibility index (Phi) is 3.36. The molecule has 1 amide bonds. The third kappa shape index (κ3) is 2.42. The smallest absolute Gasteiger partial charge is 0.239 e. The van der Waals surface area contributed by atoms with Crippen LogP contribution in [0, 0.1) is 23.7 Å². The minimum absolute atomic E-state index is 0.187. The van der Waals surface area contributed by atoms with E-state index in [1.165, 1.54) is 32.1 Å². The van der Waals surface area contributed by atoms with E-state index in [-0.39, 0.29) is 5.91 Å². The standard InChI is InChI=1S/C16H28N2O/c1-4-17-16(2,3)15(19)18-14-12-6-10-5-11(8-12)9-13(14)7-10/h10-14,17H,4-9H2,1-3H3,(H,18,19). The Bertz CT molecular complexity index is 336. The van der Waals surface area contributed by atoms with Crippen LogP contribution in [0.4, 0.5) is 0 Å². The van der Waals surface area contributed by atoms with Gasteiger partial charge in [-0.15, -0.1) is 0 Å². The molecule has 0 radical (unpaired) electrons. The zero-order valence-corrected chi connectivity index (χ0v) is 12.5. The van der Waals surface area contributed by atoms with Crippen molar-refractivity contribution in [2.75, 3.05) is 6.54 Å². The first kappa shape index (κ1) is 13.4. The van der Waals surface area contributed by atoms with Crippen LogP contribution >= 0.6 is 0 Å². The second kappa shape index (κ2) is 4.76. The molecule has 4 fully saturated rings. The average molecular weight is 264 g/mol. The van der Waals surface area contributed by atoms with Crippen molar-refractivity contribution in [1.82, 2.24) is 10.6 Å². The molecule has 4 rings (SSSR count). The normalized spacial score (nSPS) is 40.5. The molecule has 0 saturated heterocycles. The highest BCUT2D eigenvalue weighted by molar-refractivity contribution is 5.85. The SMILES string of the molecule is CCNC(C)(C)C(=O)NC1C2CC3CC(C2)CC1C3. The maximum atomic E-state index is 12.5. The molecule has 0 spiro atoms. The number of carbonyl (C=O) groups is 1. The maximum absolute atomic E-state index is 12.5. The quantitative estimate of drug-likeness (QED) is 0.818. The summed E-state index contributed by atoms with van der Waals surface area (Å²) in [7, 11) is 0. The lowest BCUT2D eigenvalue weighted by atomic mass is 9.54. The number of hydrogen-bond acceptors (Lipinski definition) is 2. The summed E-state index contributed by atoms with van der Waals surface area (Å²) in [5, 5.41) is 6.67. The molecule has 0 aromatic heterocycles. The first-order valence-corrected chi connectivity index (χ1v) is 8.05. The van der Waals surface area contributed by atoms with Crippen LogP contribution in [-0.2, 0) is 4.79 Å². The zero-order valence-electron chi connectivity index (χ0n) is 12.5. The molecule has 3 nitrogen and oxygen atoms in total. The highest BCUT2D eigenvalue weighted by Crippen LogP contribution is 2.53. The summed E-state index contributed by atoms with van der Waals surface area (Å²) >= 11 is 0. The minimum atomic E-state index is -0.441. The van der Waals surface area contributed by atoms with E-state index in [9.17, 15) is 4.79 Å². The summed E-state index contributed by atoms with van der Waals surface area (Å²) in [6, 6.07) is 0.457. The molecule has 2 N–H and O–H groups in total. The summed E-state index contributed by atoms with van der Waals surface area (Å²) in [5.74, 6) is 3.65. The van der Waals surface area contributed by atoms with Crippen molar-refractivity contribution in [3.8, 4) is 0 Å². The zero-order chi connectivity index (χ0) is 13.6. The Morgan fingerprint density at radius 1 is 1.05 bits per heavy atom. The Morgan fingerprint density at radius 2 is 1.58 bits per heavy atom. The third-order valence-electron chi connectivity index (χ3n) is 5.71. The third-order valence-corrected chi connectivity index (χ3v) is 5.71. The average Bonchev–Trinajstić information content (AvgIpc) is 2.32. The van der Waals surface area contributed by atoms with Crippen LogP contribution in [0.5, 0.6) is 0 Å². The van der Waals surface area contributed by atoms with Crippen LogP contribution in [0.1, 0.15) is 52.9 Å². The molecule has 0 heterocycles. The van der Waals surface area contributed by atoms with Crippen LogP contribution < -0.4 is 10.6 Å². The molecule has 0 atom stereocenters. The fourth-order valence-corrected chi connectivity index (χ4v) is 5.01. The highest BCUT2D eigenvalue weighted by Gasteiger charge is 2.49. The number of likely N-dealkylation sites (N-methyl/N-ethyl adjacent to an activating group) is 1. The van der Waals surface area contributed by atoms with E-state index in [0.717, 1.165) is 30.2 Å². The molecule has 4 aliphatic rings. The Morgan fingerprint density at radius 3 is 2.05 bits per heavy atom. The van der Waals surface area contributed by atoms with Crippen LogP contribution in [0.3, 0.4) is 0 Å². The fraction of sp³-hybridized carbons (Fsp3) is 0.938. The molecular weight excluding hydrogens is 236 g/mol. The Hall–Kier alpha value is -0.570. The van der Waals surface area contributed by atoms with Crippen molar-refractivity contribution in [2.45, 2.75) is 64.5 Å². The van der Waals surface area contributed by atoms with Crippen molar-refractivity contribution >= 4 is 5.91 Å². The number of carbonyl (C=O) groups excluding carboxylic acids is 1. The lowest BCUT2D eigenvalue weighted by Crippen LogP contribution is -2.61. The molecule has 108 valence electrons. The Balaban J connectivity index is 1.65. The highest BCUT2D eigenvalue weighted by atomic mass is 16.2. The summed E-state index contributed by atoms with van der Waals surface area (Å²) in [5.41, 5.74) is -0.441. The largest absolute Gasteiger partial charge is 0.351 e. The lowest BCUT2D eigenvalue weighted by Gasteiger charge is -2.54. The first-order valence-electron chi connectivity index (χ1n) is 8.05. The topological polar surface area (TPSA) is 41.1 Å². The van der Waals surface area contributed by atoms with Gasteiger partial charge < -0.3 is 10.6 Å². The van der Waals surface area contributed by atoms with Gasteiger partial charge in [0.25, 0.3) is 0 Å². The fourth-order valence-electron chi connectivity index (χ4n) is 5.01. The molecule has 0 aliphatic heterocycles. The van der Waals surface area contributed by atoms with Gasteiger partial charge in [-0.3, -0.25) is 4.79 Å². The van der Waals surface area contributed by atoms with Gasteiger partial charge >= 0.3 is 0 Å². The molecule has 3 heteroatoms. The molecule has 0 aromatic rings. The molecule has 4 bridgehead atoms. The van der Waals surface area contributed by atoms with Gasteiger partial charge in [-0.25, -0.2) is 0 Å². The van der Waals surface area contributed by atoms with Crippen LogP contribution in [0.2, 0.25) is 0 Å². The minimum Gasteiger partial charge on any atom is -0.351 e. The van der Waals surface area contributed by atoms with E-state index in [4.69, 9.17) is 0 Å². The van der Waals surface area contributed by atoms with Crippen LogP contribution in [-0.4, -0.2) is 24.0 Å². The van der Waals surface area contributed by atoms with Crippen molar-refractivity contribution < 1.29 is 4.79 Å². The molecule has 19 heavy (non-hydrogen) atoms. The van der Waals surface area contributed by atoms with Crippen molar-refractivity contribution in [1.29, 1.82) is 0 Å². The van der Waals surface area contributed by atoms with Crippen molar-refractivity contribution in [2.24, 2.45) is 23.7 Å². The van der Waals surface area contributed by atoms with Gasteiger partial charge in [-0.2, -0.15) is 0 Å². The van der Waals surface area contributed by atoms with E-state index < -0.39 is 5.54 Å².